The maximum absolute atomic E-state index is 5.87. The van der Waals surface area contributed by atoms with Crippen LogP contribution in [0.1, 0.15) is 0 Å². The van der Waals surface area contributed by atoms with E-state index < -0.39 is 0 Å². The number of anilines is 3. The maximum Gasteiger partial charge on any atom is 0.229 e. The van der Waals surface area contributed by atoms with Crippen molar-refractivity contribution in [1.82, 2.24) is 15.3 Å². The topological polar surface area (TPSA) is 89.6 Å². The van der Waals surface area contributed by atoms with Crippen molar-refractivity contribution in [3.05, 3.63) is 30.5 Å². The van der Waals surface area contributed by atoms with Gasteiger partial charge in [-0.3, -0.25) is 0 Å². The van der Waals surface area contributed by atoms with Crippen molar-refractivity contribution in [2.45, 2.75) is 6.10 Å². The van der Waals surface area contributed by atoms with Crippen LogP contribution in [0.5, 0.6) is 11.5 Å². The van der Waals surface area contributed by atoms with Gasteiger partial charge in [0, 0.05) is 38.7 Å². The molecule has 2 aromatic rings. The Balaban J connectivity index is 2.12. The molecule has 0 bridgehead atoms. The Kier molecular flexibility index (Phi) is 7.24. The van der Waals surface area contributed by atoms with E-state index in [-0.39, 0.29) is 6.10 Å². The lowest BCUT2D eigenvalue weighted by Crippen LogP contribution is -2.31. The summed E-state index contributed by atoms with van der Waals surface area (Å²) in [6, 6.07) is 7.35. The zero-order chi connectivity index (χ0) is 18.1. The third-order valence-corrected chi connectivity index (χ3v) is 3.52. The summed E-state index contributed by atoms with van der Waals surface area (Å²) >= 11 is 0. The molecule has 2 rings (SSSR count). The summed E-state index contributed by atoms with van der Waals surface area (Å²) in [5, 5.41) is 9.20. The van der Waals surface area contributed by atoms with E-state index >= 15 is 0 Å². The van der Waals surface area contributed by atoms with Gasteiger partial charge >= 0.3 is 0 Å². The number of nitrogens with one attached hydrogen (secondary N) is 3. The summed E-state index contributed by atoms with van der Waals surface area (Å²) in [5.74, 6) is 2.50. The first-order valence-electron chi connectivity index (χ1n) is 7.96. The Labute approximate surface area is 147 Å². The number of rotatable bonds is 10. The van der Waals surface area contributed by atoms with Crippen LogP contribution < -0.4 is 25.4 Å². The van der Waals surface area contributed by atoms with E-state index in [2.05, 4.69) is 25.9 Å². The van der Waals surface area contributed by atoms with Gasteiger partial charge in [-0.25, -0.2) is 4.98 Å². The predicted molar refractivity (Wildman–Crippen MR) is 98.1 cm³/mol. The molecule has 1 aromatic heterocycles. The number of hydrogen-bond acceptors (Lipinski definition) is 8. The molecule has 0 aliphatic heterocycles. The first kappa shape index (κ1) is 18.8. The van der Waals surface area contributed by atoms with Crippen molar-refractivity contribution < 1.29 is 14.2 Å². The van der Waals surface area contributed by atoms with Crippen LogP contribution >= 0.6 is 0 Å². The van der Waals surface area contributed by atoms with Crippen LogP contribution in [0.3, 0.4) is 0 Å². The molecule has 0 fully saturated rings. The van der Waals surface area contributed by atoms with E-state index in [0.717, 1.165) is 11.5 Å². The van der Waals surface area contributed by atoms with Gasteiger partial charge in [0.25, 0.3) is 0 Å². The number of ether oxygens (including phenoxy) is 3. The second-order valence-corrected chi connectivity index (χ2v) is 5.23. The van der Waals surface area contributed by atoms with Crippen LogP contribution in [-0.4, -0.2) is 57.5 Å². The molecule has 0 aliphatic carbocycles. The monoisotopic (exact) mass is 347 g/mol. The number of benzene rings is 1. The van der Waals surface area contributed by atoms with Gasteiger partial charge in [0.05, 0.1) is 7.11 Å². The molecule has 0 amide bonds. The zero-order valence-corrected chi connectivity index (χ0v) is 15.0. The number of methoxy groups -OCH3 is 2. The quantitative estimate of drug-likeness (QED) is 0.600. The van der Waals surface area contributed by atoms with E-state index in [1.165, 1.54) is 0 Å². The lowest BCUT2D eigenvalue weighted by Gasteiger charge is -2.18. The lowest BCUT2D eigenvalue weighted by atomic mass is 10.2. The van der Waals surface area contributed by atoms with Crippen LogP contribution in [0.15, 0.2) is 30.5 Å². The van der Waals surface area contributed by atoms with Gasteiger partial charge in [-0.05, 0) is 25.2 Å². The van der Waals surface area contributed by atoms with Crippen molar-refractivity contribution in [2.75, 3.05) is 52.1 Å². The van der Waals surface area contributed by atoms with Crippen molar-refractivity contribution in [3.8, 4) is 11.5 Å². The molecule has 0 saturated heterocycles. The van der Waals surface area contributed by atoms with Gasteiger partial charge in [-0.2, -0.15) is 4.98 Å². The van der Waals surface area contributed by atoms with E-state index in [4.69, 9.17) is 14.2 Å². The molecule has 1 atom stereocenters. The number of nitrogens with zero attached hydrogens (tertiary/aromatic N) is 2. The minimum Gasteiger partial charge on any atom is -0.493 e. The van der Waals surface area contributed by atoms with E-state index in [9.17, 15) is 0 Å². The van der Waals surface area contributed by atoms with Crippen molar-refractivity contribution in [2.24, 2.45) is 0 Å². The molecule has 0 radical (unpaired) electrons. The smallest absolute Gasteiger partial charge is 0.229 e. The molecule has 1 aromatic carbocycles. The third kappa shape index (κ3) is 5.47. The van der Waals surface area contributed by atoms with Crippen LogP contribution in [0.25, 0.3) is 0 Å². The molecular weight excluding hydrogens is 322 g/mol. The number of likely N-dealkylation sites (N-methyl/N-ethyl adjacent to an activating group) is 1. The zero-order valence-electron chi connectivity index (χ0n) is 15.0. The number of aromatic nitrogens is 2. The fourth-order valence-electron chi connectivity index (χ4n) is 2.18. The minimum absolute atomic E-state index is 0.0537. The normalized spacial score (nSPS) is 11.7. The van der Waals surface area contributed by atoms with E-state index in [1.807, 2.05) is 32.3 Å². The molecule has 1 unspecified atom stereocenters. The summed E-state index contributed by atoms with van der Waals surface area (Å²) in [7, 11) is 6.95. The fourth-order valence-corrected chi connectivity index (χ4v) is 2.18. The molecule has 0 saturated carbocycles. The Bertz CT molecular complexity index is 668. The predicted octanol–water partition coefficient (Wildman–Crippen LogP) is 1.88. The minimum atomic E-state index is -0.0537. The van der Waals surface area contributed by atoms with Crippen LogP contribution in [-0.2, 0) is 4.74 Å². The van der Waals surface area contributed by atoms with Gasteiger partial charge in [0.1, 0.15) is 18.5 Å². The maximum atomic E-state index is 5.87. The molecular formula is C17H25N5O3. The summed E-state index contributed by atoms with van der Waals surface area (Å²) in [6.07, 6.45) is 1.63. The van der Waals surface area contributed by atoms with Crippen LogP contribution in [0.2, 0.25) is 0 Å². The average Bonchev–Trinajstić information content (AvgIpc) is 2.65. The first-order valence-corrected chi connectivity index (χ1v) is 7.96. The second kappa shape index (κ2) is 9.65. The van der Waals surface area contributed by atoms with Gasteiger partial charge in [0.2, 0.25) is 5.95 Å². The van der Waals surface area contributed by atoms with Gasteiger partial charge in [-0.15, -0.1) is 0 Å². The van der Waals surface area contributed by atoms with Gasteiger partial charge in [-0.1, -0.05) is 0 Å². The highest BCUT2D eigenvalue weighted by Crippen LogP contribution is 2.31. The highest BCUT2D eigenvalue weighted by Gasteiger charge is 2.11. The van der Waals surface area contributed by atoms with Gasteiger partial charge < -0.3 is 30.2 Å². The molecule has 0 aliphatic rings. The number of hydrogen-bond donors (Lipinski definition) is 3. The molecule has 8 heteroatoms. The summed E-state index contributed by atoms with van der Waals surface area (Å²) in [6.45, 7) is 1.10. The van der Waals surface area contributed by atoms with Crippen LogP contribution in [0.4, 0.5) is 17.5 Å². The molecule has 8 nitrogen and oxygen atoms in total. The van der Waals surface area contributed by atoms with E-state index in [0.29, 0.717) is 30.6 Å². The van der Waals surface area contributed by atoms with Gasteiger partial charge in [0.15, 0.2) is 11.5 Å². The Morgan fingerprint density at radius 2 is 1.96 bits per heavy atom. The largest absolute Gasteiger partial charge is 0.493 e. The van der Waals surface area contributed by atoms with Crippen molar-refractivity contribution >= 4 is 17.5 Å². The summed E-state index contributed by atoms with van der Waals surface area (Å²) in [4.78, 5) is 8.54. The standard InChI is InChI=1S/C17H25N5O3/c1-18-10-13(23-3)11-25-15-9-12(5-6-14(15)24-4)21-17-20-8-7-16(19-2)22-17/h5-9,13,18H,10-11H2,1-4H3,(H2,19,20,21,22). The highest BCUT2D eigenvalue weighted by atomic mass is 16.5. The Morgan fingerprint density at radius 3 is 2.64 bits per heavy atom. The molecule has 0 spiro atoms. The summed E-state index contributed by atoms with van der Waals surface area (Å²) < 4.78 is 16.6. The second-order valence-electron chi connectivity index (χ2n) is 5.23. The lowest BCUT2D eigenvalue weighted by molar-refractivity contribution is 0.0585. The van der Waals surface area contributed by atoms with E-state index in [1.54, 1.807) is 26.5 Å². The molecule has 3 N–H and O–H groups in total. The Morgan fingerprint density at radius 1 is 1.12 bits per heavy atom. The molecule has 25 heavy (non-hydrogen) atoms. The summed E-state index contributed by atoms with van der Waals surface area (Å²) in [5.41, 5.74) is 0.798. The van der Waals surface area contributed by atoms with Crippen molar-refractivity contribution in [3.63, 3.8) is 0 Å². The fraction of sp³-hybridized carbons (Fsp3) is 0.412. The highest BCUT2D eigenvalue weighted by molar-refractivity contribution is 5.60. The third-order valence-electron chi connectivity index (χ3n) is 3.52. The molecule has 1 heterocycles. The first-order chi connectivity index (χ1) is 12.2. The molecule has 136 valence electrons. The average molecular weight is 347 g/mol. The Hall–Kier alpha value is -2.58. The SMILES string of the molecule is CNCC(COc1cc(Nc2nccc(NC)n2)ccc1OC)OC. The van der Waals surface area contributed by atoms with Crippen molar-refractivity contribution in [1.29, 1.82) is 0 Å². The van der Waals surface area contributed by atoms with Crippen LogP contribution in [0, 0.1) is 0 Å².